The molecule has 0 saturated carbocycles. The molecule has 1 N–H and O–H groups in total. The third-order valence-electron chi connectivity index (χ3n) is 4.57. The molecule has 3 aromatic rings. The summed E-state index contributed by atoms with van der Waals surface area (Å²) in [6.45, 7) is 2.20. The molecule has 2 aromatic heterocycles. The van der Waals surface area contributed by atoms with Gasteiger partial charge in [-0.3, -0.25) is 0 Å². The van der Waals surface area contributed by atoms with Gasteiger partial charge in [-0.1, -0.05) is 87.0 Å². The van der Waals surface area contributed by atoms with Gasteiger partial charge in [0.25, 0.3) is 0 Å². The number of carbonyl (C=O) groups excluding carboxylic acids is 1. The number of unbranched alkanes of at least 4 members (excludes halogenated alkanes) is 5. The van der Waals surface area contributed by atoms with Crippen LogP contribution < -0.4 is 4.74 Å². The summed E-state index contributed by atoms with van der Waals surface area (Å²) < 4.78 is 5.46. The summed E-state index contributed by atoms with van der Waals surface area (Å²) in [6.07, 6.45) is 8.64. The van der Waals surface area contributed by atoms with Crippen LogP contribution in [0.3, 0.4) is 0 Å². The SMILES string of the molecule is CCCCCCCCSC(=O)Oc1cc(Cl)nnc1-c1ccccc1.O=C(O)c1ccccn1. The molecule has 3 rings (SSSR count). The summed E-state index contributed by atoms with van der Waals surface area (Å²) in [5.74, 6) is 0.111. The number of hydrogen-bond acceptors (Lipinski definition) is 7. The van der Waals surface area contributed by atoms with Gasteiger partial charge in [-0.05, 0) is 30.3 Å². The van der Waals surface area contributed by atoms with Crippen molar-refractivity contribution in [3.05, 3.63) is 71.6 Å². The minimum Gasteiger partial charge on any atom is -0.477 e. The second-order valence-corrected chi connectivity index (χ2v) is 8.65. The van der Waals surface area contributed by atoms with Gasteiger partial charge in [-0.15, -0.1) is 10.2 Å². The third kappa shape index (κ3) is 10.3. The number of thioether (sulfide) groups is 1. The molecule has 0 bridgehead atoms. The number of aromatic nitrogens is 3. The molecule has 0 saturated heterocycles. The van der Waals surface area contributed by atoms with Gasteiger partial charge in [0.05, 0.1) is 0 Å². The van der Waals surface area contributed by atoms with Gasteiger partial charge in [-0.25, -0.2) is 14.6 Å². The molecule has 0 fully saturated rings. The Balaban J connectivity index is 0.000000379. The van der Waals surface area contributed by atoms with Gasteiger partial charge in [0.1, 0.15) is 11.4 Å². The maximum absolute atomic E-state index is 12.1. The van der Waals surface area contributed by atoms with Crippen LogP contribution in [-0.4, -0.2) is 37.3 Å². The predicted molar refractivity (Wildman–Crippen MR) is 136 cm³/mol. The Labute approximate surface area is 208 Å². The van der Waals surface area contributed by atoms with Gasteiger partial charge in [0.2, 0.25) is 0 Å². The van der Waals surface area contributed by atoms with Crippen LogP contribution in [0, 0.1) is 0 Å². The minimum atomic E-state index is -0.990. The number of carboxylic acids is 1. The van der Waals surface area contributed by atoms with Crippen LogP contribution in [0.4, 0.5) is 4.79 Å². The average molecular weight is 502 g/mol. The van der Waals surface area contributed by atoms with Crippen LogP contribution in [0.15, 0.2) is 60.8 Å². The summed E-state index contributed by atoms with van der Waals surface area (Å²) >= 11 is 7.10. The van der Waals surface area contributed by atoms with Gasteiger partial charge in [-0.2, -0.15) is 0 Å². The van der Waals surface area contributed by atoms with E-state index in [1.807, 2.05) is 30.3 Å². The molecule has 0 aliphatic heterocycles. The monoisotopic (exact) mass is 501 g/mol. The number of carboxylic acid groups (broad SMARTS) is 1. The molecule has 7 nitrogen and oxygen atoms in total. The molecule has 9 heteroatoms. The molecule has 0 aliphatic carbocycles. The fraction of sp³-hybridized carbons (Fsp3) is 0.320. The Morgan fingerprint density at radius 2 is 1.68 bits per heavy atom. The first-order valence-electron chi connectivity index (χ1n) is 11.1. The summed E-state index contributed by atoms with van der Waals surface area (Å²) in [5.41, 5.74) is 1.42. The molecular weight excluding hydrogens is 474 g/mol. The van der Waals surface area contributed by atoms with Crippen LogP contribution >= 0.6 is 23.4 Å². The second kappa shape index (κ2) is 15.8. The van der Waals surface area contributed by atoms with Crippen molar-refractivity contribution in [2.24, 2.45) is 0 Å². The Kier molecular flexibility index (Phi) is 12.7. The van der Waals surface area contributed by atoms with Crippen molar-refractivity contribution in [1.29, 1.82) is 0 Å². The highest BCUT2D eigenvalue weighted by molar-refractivity contribution is 8.13. The minimum absolute atomic E-state index is 0.0810. The number of carbonyl (C=O) groups is 2. The topological polar surface area (TPSA) is 102 Å². The fourth-order valence-corrected chi connectivity index (χ4v) is 3.67. The molecule has 34 heavy (non-hydrogen) atoms. The third-order valence-corrected chi connectivity index (χ3v) is 5.57. The van der Waals surface area contributed by atoms with Crippen LogP contribution in [0.5, 0.6) is 5.75 Å². The molecular formula is C25H28ClN3O4S. The highest BCUT2D eigenvalue weighted by Crippen LogP contribution is 2.30. The van der Waals surface area contributed by atoms with Crippen molar-refractivity contribution in [1.82, 2.24) is 15.2 Å². The van der Waals surface area contributed by atoms with Crippen molar-refractivity contribution < 1.29 is 19.4 Å². The Bertz CT molecular complexity index is 1020. The molecule has 0 spiro atoms. The molecule has 180 valence electrons. The summed E-state index contributed by atoms with van der Waals surface area (Å²) in [6, 6.07) is 15.8. The van der Waals surface area contributed by atoms with E-state index in [-0.39, 0.29) is 16.1 Å². The first-order valence-corrected chi connectivity index (χ1v) is 12.4. The first kappa shape index (κ1) is 27.3. The van der Waals surface area contributed by atoms with E-state index >= 15 is 0 Å². The van der Waals surface area contributed by atoms with Gasteiger partial charge in [0.15, 0.2) is 10.9 Å². The molecule has 0 unspecified atom stereocenters. The number of hydrogen-bond donors (Lipinski definition) is 1. The Hall–Kier alpha value is -2.97. The maximum Gasteiger partial charge on any atom is 0.372 e. The van der Waals surface area contributed by atoms with E-state index in [1.165, 1.54) is 55.8 Å². The number of rotatable bonds is 10. The maximum atomic E-state index is 12.1. The molecule has 2 heterocycles. The molecule has 0 aliphatic rings. The predicted octanol–water partition coefficient (Wildman–Crippen LogP) is 7.17. The highest BCUT2D eigenvalue weighted by Gasteiger charge is 2.14. The van der Waals surface area contributed by atoms with E-state index in [1.54, 1.807) is 12.1 Å². The number of ether oxygens (including phenoxy) is 1. The normalized spacial score (nSPS) is 10.2. The molecule has 1 aromatic carbocycles. The fourth-order valence-electron chi connectivity index (χ4n) is 2.87. The van der Waals surface area contributed by atoms with Crippen LogP contribution in [-0.2, 0) is 0 Å². The largest absolute Gasteiger partial charge is 0.477 e. The second-order valence-electron chi connectivity index (χ2n) is 7.23. The first-order chi connectivity index (χ1) is 16.5. The van der Waals surface area contributed by atoms with E-state index in [2.05, 4.69) is 22.1 Å². The van der Waals surface area contributed by atoms with Crippen molar-refractivity contribution in [3.8, 4) is 17.0 Å². The number of aromatic carboxylic acids is 1. The lowest BCUT2D eigenvalue weighted by atomic mass is 10.1. The van der Waals surface area contributed by atoms with E-state index in [0.717, 1.165) is 24.2 Å². The smallest absolute Gasteiger partial charge is 0.372 e. The van der Waals surface area contributed by atoms with E-state index < -0.39 is 5.97 Å². The van der Waals surface area contributed by atoms with Crippen molar-refractivity contribution in [2.45, 2.75) is 45.4 Å². The summed E-state index contributed by atoms with van der Waals surface area (Å²) in [4.78, 5) is 25.8. The summed E-state index contributed by atoms with van der Waals surface area (Å²) in [5, 5.41) is 16.1. The van der Waals surface area contributed by atoms with Crippen molar-refractivity contribution in [2.75, 3.05) is 5.75 Å². The lowest BCUT2D eigenvalue weighted by molar-refractivity contribution is 0.0690. The summed E-state index contributed by atoms with van der Waals surface area (Å²) in [7, 11) is 0. The standard InChI is InChI=1S/C19H23ClN2O2S.C6H5NO2/c1-2-3-4-5-6-10-13-25-19(23)24-16-14-17(20)21-22-18(16)15-11-8-7-9-12-15;8-6(9)5-3-1-2-4-7-5/h7-9,11-12,14H,2-6,10,13H2,1H3;1-4H,(H,8,9). The average Bonchev–Trinajstić information content (AvgIpc) is 2.85. The molecule has 0 amide bonds. The van der Waals surface area contributed by atoms with E-state index in [9.17, 15) is 9.59 Å². The number of pyridine rings is 1. The molecule has 0 atom stereocenters. The van der Waals surface area contributed by atoms with Gasteiger partial charge < -0.3 is 9.84 Å². The van der Waals surface area contributed by atoms with Crippen LogP contribution in [0.1, 0.15) is 55.9 Å². The zero-order valence-electron chi connectivity index (χ0n) is 19.0. The van der Waals surface area contributed by atoms with E-state index in [4.69, 9.17) is 21.4 Å². The lowest BCUT2D eigenvalue weighted by Crippen LogP contribution is -2.04. The number of nitrogens with zero attached hydrogens (tertiary/aromatic N) is 3. The van der Waals surface area contributed by atoms with E-state index in [0.29, 0.717) is 11.4 Å². The number of halogens is 1. The number of benzene rings is 1. The van der Waals surface area contributed by atoms with Crippen molar-refractivity contribution in [3.63, 3.8) is 0 Å². The lowest BCUT2D eigenvalue weighted by Gasteiger charge is -2.09. The Morgan fingerprint density at radius 1 is 0.971 bits per heavy atom. The van der Waals surface area contributed by atoms with Crippen LogP contribution in [0.2, 0.25) is 5.15 Å². The molecule has 0 radical (unpaired) electrons. The zero-order chi connectivity index (χ0) is 24.6. The van der Waals surface area contributed by atoms with Gasteiger partial charge >= 0.3 is 11.3 Å². The highest BCUT2D eigenvalue weighted by atomic mass is 35.5. The zero-order valence-corrected chi connectivity index (χ0v) is 20.6. The van der Waals surface area contributed by atoms with Crippen LogP contribution in [0.25, 0.3) is 11.3 Å². The quantitative estimate of drug-likeness (QED) is 0.230. The van der Waals surface area contributed by atoms with Crippen molar-refractivity contribution >= 4 is 34.6 Å². The van der Waals surface area contributed by atoms with Gasteiger partial charge in [0, 0.05) is 23.6 Å². The Morgan fingerprint density at radius 3 is 2.32 bits per heavy atom.